The molecule has 0 aliphatic carbocycles. The van der Waals surface area contributed by atoms with Gasteiger partial charge in [0.1, 0.15) is 11.5 Å². The molecule has 0 radical (unpaired) electrons. The van der Waals surface area contributed by atoms with Crippen LogP contribution in [-0.2, 0) is 0 Å². The van der Waals surface area contributed by atoms with Crippen LogP contribution in [0.2, 0.25) is 0 Å². The molecule has 0 fully saturated rings. The van der Waals surface area contributed by atoms with Crippen LogP contribution in [0.5, 0.6) is 11.5 Å². The fourth-order valence-corrected chi connectivity index (χ4v) is 1.93. The van der Waals surface area contributed by atoms with Crippen molar-refractivity contribution < 1.29 is 9.47 Å². The number of benzene rings is 2. The largest absolute Gasteiger partial charge is 0.497 e. The van der Waals surface area contributed by atoms with Crippen LogP contribution in [0.1, 0.15) is 11.1 Å². The van der Waals surface area contributed by atoms with Crippen LogP contribution in [0.15, 0.2) is 36.4 Å². The molecular formula is C16H20INO2. The van der Waals surface area contributed by atoms with Gasteiger partial charge in [-0.15, -0.1) is 0 Å². The van der Waals surface area contributed by atoms with Gasteiger partial charge in [0.15, 0.2) is 0 Å². The van der Waals surface area contributed by atoms with Crippen molar-refractivity contribution in [2.24, 2.45) is 0 Å². The number of hydrogen-bond acceptors (Lipinski definition) is 3. The van der Waals surface area contributed by atoms with E-state index < -0.39 is 0 Å². The summed E-state index contributed by atoms with van der Waals surface area (Å²) in [6.45, 7) is 4.05. The standard InChI is InChI=1S/C8H9IO.C8H11NO/c2*1-6-3-4-7(10-2)5-8(6)9/h3-5H,1-2H3;3-5H,9H2,1-2H3. The van der Waals surface area contributed by atoms with Crippen molar-refractivity contribution in [3.63, 3.8) is 0 Å². The highest BCUT2D eigenvalue weighted by Gasteiger charge is 1.95. The molecule has 2 rings (SSSR count). The van der Waals surface area contributed by atoms with Crippen LogP contribution in [0.3, 0.4) is 0 Å². The van der Waals surface area contributed by atoms with Gasteiger partial charge >= 0.3 is 0 Å². The minimum atomic E-state index is 0.777. The number of nitrogens with two attached hydrogens (primary N) is 1. The molecule has 0 saturated heterocycles. The monoisotopic (exact) mass is 385 g/mol. The fourth-order valence-electron chi connectivity index (χ4n) is 1.45. The van der Waals surface area contributed by atoms with E-state index in [9.17, 15) is 0 Å². The highest BCUT2D eigenvalue weighted by atomic mass is 127. The third kappa shape index (κ3) is 4.92. The maximum Gasteiger partial charge on any atom is 0.120 e. The van der Waals surface area contributed by atoms with E-state index in [4.69, 9.17) is 15.2 Å². The number of ether oxygens (including phenoxy) is 2. The van der Waals surface area contributed by atoms with E-state index in [1.165, 1.54) is 9.13 Å². The van der Waals surface area contributed by atoms with E-state index in [-0.39, 0.29) is 0 Å². The average molecular weight is 385 g/mol. The Morgan fingerprint density at radius 2 is 1.35 bits per heavy atom. The Balaban J connectivity index is 0.000000200. The molecule has 0 aliphatic rings. The van der Waals surface area contributed by atoms with Crippen LogP contribution in [0, 0.1) is 17.4 Å². The number of nitrogen functional groups attached to an aromatic ring is 1. The van der Waals surface area contributed by atoms with Crippen molar-refractivity contribution in [2.75, 3.05) is 20.0 Å². The molecule has 0 spiro atoms. The Kier molecular flexibility index (Phi) is 6.64. The Morgan fingerprint density at radius 1 is 0.850 bits per heavy atom. The highest BCUT2D eigenvalue weighted by molar-refractivity contribution is 14.1. The van der Waals surface area contributed by atoms with E-state index in [1.54, 1.807) is 14.2 Å². The first-order valence-electron chi connectivity index (χ1n) is 6.18. The zero-order valence-corrected chi connectivity index (χ0v) is 14.4. The molecule has 2 aromatic rings. The average Bonchev–Trinajstić information content (AvgIpc) is 2.45. The molecule has 0 amide bonds. The van der Waals surface area contributed by atoms with Crippen LogP contribution in [0.4, 0.5) is 5.69 Å². The maximum atomic E-state index is 5.62. The second-order valence-electron chi connectivity index (χ2n) is 4.34. The number of halogens is 1. The molecule has 108 valence electrons. The molecule has 0 saturated carbocycles. The third-order valence-corrected chi connectivity index (χ3v) is 4.03. The molecule has 4 heteroatoms. The highest BCUT2D eigenvalue weighted by Crippen LogP contribution is 2.18. The normalized spacial score (nSPS) is 9.45. The van der Waals surface area contributed by atoms with Crippen molar-refractivity contribution in [1.82, 2.24) is 0 Å². The molecular weight excluding hydrogens is 365 g/mol. The summed E-state index contributed by atoms with van der Waals surface area (Å²) in [4.78, 5) is 0. The second-order valence-corrected chi connectivity index (χ2v) is 5.50. The summed E-state index contributed by atoms with van der Waals surface area (Å²) < 4.78 is 11.3. The molecule has 2 aromatic carbocycles. The first-order chi connectivity index (χ1) is 9.47. The summed E-state index contributed by atoms with van der Waals surface area (Å²) in [5.41, 5.74) is 8.77. The molecule has 0 aliphatic heterocycles. The van der Waals surface area contributed by atoms with Crippen LogP contribution in [-0.4, -0.2) is 14.2 Å². The quantitative estimate of drug-likeness (QED) is 0.623. The van der Waals surface area contributed by atoms with Gasteiger partial charge in [-0.2, -0.15) is 0 Å². The van der Waals surface area contributed by atoms with E-state index in [1.807, 2.05) is 37.3 Å². The molecule has 20 heavy (non-hydrogen) atoms. The van der Waals surface area contributed by atoms with Gasteiger partial charge in [-0.1, -0.05) is 12.1 Å². The lowest BCUT2D eigenvalue weighted by atomic mass is 10.2. The predicted octanol–water partition coefficient (Wildman–Crippen LogP) is 4.19. The van der Waals surface area contributed by atoms with Gasteiger partial charge in [0.25, 0.3) is 0 Å². The SMILES string of the molecule is COc1ccc(C)c(I)c1.COc1ccc(C)c(N)c1. The summed E-state index contributed by atoms with van der Waals surface area (Å²) in [7, 11) is 3.31. The summed E-state index contributed by atoms with van der Waals surface area (Å²) in [5, 5.41) is 0. The lowest BCUT2D eigenvalue weighted by molar-refractivity contribution is 0.414. The van der Waals surface area contributed by atoms with E-state index in [0.717, 1.165) is 22.7 Å². The smallest absolute Gasteiger partial charge is 0.120 e. The van der Waals surface area contributed by atoms with Crippen molar-refractivity contribution in [2.45, 2.75) is 13.8 Å². The van der Waals surface area contributed by atoms with Gasteiger partial charge in [-0.3, -0.25) is 0 Å². The molecule has 0 aromatic heterocycles. The minimum absolute atomic E-state index is 0.777. The van der Waals surface area contributed by atoms with Crippen LogP contribution >= 0.6 is 22.6 Å². The fraction of sp³-hybridized carbons (Fsp3) is 0.250. The summed E-state index contributed by atoms with van der Waals surface area (Å²) in [5.74, 6) is 1.73. The molecule has 0 bridgehead atoms. The van der Waals surface area contributed by atoms with Crippen LogP contribution in [0.25, 0.3) is 0 Å². The molecule has 0 atom stereocenters. The van der Waals surface area contributed by atoms with Gasteiger partial charge in [0.2, 0.25) is 0 Å². The summed E-state index contributed by atoms with van der Waals surface area (Å²) in [6, 6.07) is 11.7. The number of methoxy groups -OCH3 is 2. The van der Waals surface area contributed by atoms with Gasteiger partial charge in [-0.05, 0) is 65.8 Å². The summed E-state index contributed by atoms with van der Waals surface area (Å²) in [6.07, 6.45) is 0. The third-order valence-electron chi connectivity index (χ3n) is 2.87. The van der Waals surface area contributed by atoms with Crippen molar-refractivity contribution in [1.29, 1.82) is 0 Å². The Hall–Kier alpha value is -1.43. The van der Waals surface area contributed by atoms with E-state index >= 15 is 0 Å². The Labute approximate surface area is 134 Å². The van der Waals surface area contributed by atoms with Gasteiger partial charge < -0.3 is 15.2 Å². The van der Waals surface area contributed by atoms with E-state index in [0.29, 0.717) is 0 Å². The maximum absolute atomic E-state index is 5.62. The second kappa shape index (κ2) is 7.99. The van der Waals surface area contributed by atoms with Gasteiger partial charge in [0.05, 0.1) is 14.2 Å². The number of rotatable bonds is 2. The molecule has 0 heterocycles. The van der Waals surface area contributed by atoms with Gasteiger partial charge in [0, 0.05) is 15.3 Å². The summed E-state index contributed by atoms with van der Waals surface area (Å²) >= 11 is 2.29. The van der Waals surface area contributed by atoms with E-state index in [2.05, 4.69) is 35.6 Å². The predicted molar refractivity (Wildman–Crippen MR) is 92.6 cm³/mol. The first-order valence-corrected chi connectivity index (χ1v) is 7.26. The molecule has 3 nitrogen and oxygen atoms in total. The lowest BCUT2D eigenvalue weighted by Crippen LogP contribution is -1.90. The van der Waals surface area contributed by atoms with Crippen molar-refractivity contribution in [3.8, 4) is 11.5 Å². The first kappa shape index (κ1) is 16.6. The number of hydrogen-bond donors (Lipinski definition) is 1. The number of anilines is 1. The number of aryl methyl sites for hydroxylation is 2. The molecule has 0 unspecified atom stereocenters. The zero-order chi connectivity index (χ0) is 15.1. The Bertz CT molecular complexity index is 519. The Morgan fingerprint density at radius 3 is 1.80 bits per heavy atom. The minimum Gasteiger partial charge on any atom is -0.497 e. The van der Waals surface area contributed by atoms with Gasteiger partial charge in [-0.25, -0.2) is 0 Å². The van der Waals surface area contributed by atoms with Crippen LogP contribution < -0.4 is 15.2 Å². The topological polar surface area (TPSA) is 44.5 Å². The molecule has 2 N–H and O–H groups in total. The zero-order valence-electron chi connectivity index (χ0n) is 12.2. The lowest BCUT2D eigenvalue weighted by Gasteiger charge is -2.02. The van der Waals surface area contributed by atoms with Crippen molar-refractivity contribution in [3.05, 3.63) is 51.1 Å². The van der Waals surface area contributed by atoms with Crippen molar-refractivity contribution >= 4 is 28.3 Å².